The van der Waals surface area contributed by atoms with Crippen molar-refractivity contribution in [3.8, 4) is 0 Å². The summed E-state index contributed by atoms with van der Waals surface area (Å²) in [5, 5.41) is 8.88. The van der Waals surface area contributed by atoms with E-state index >= 15 is 0 Å². The van der Waals surface area contributed by atoms with Gasteiger partial charge in [-0.15, -0.1) is 0 Å². The number of rotatable bonds is 2. The smallest absolute Gasteiger partial charge is 0.275 e. The second kappa shape index (κ2) is 2.96. The van der Waals surface area contributed by atoms with E-state index in [2.05, 4.69) is 6.58 Å². The summed E-state index contributed by atoms with van der Waals surface area (Å²) in [7, 11) is 0. The Hall–Kier alpha value is -1.16. The van der Waals surface area contributed by atoms with Crippen molar-refractivity contribution in [2.24, 2.45) is 0 Å². The molecule has 0 spiro atoms. The summed E-state index contributed by atoms with van der Waals surface area (Å²) >= 11 is 0. The first kappa shape index (κ1) is 8.44. The van der Waals surface area contributed by atoms with Gasteiger partial charge in [-0.25, -0.2) is 0 Å². The lowest BCUT2D eigenvalue weighted by Crippen LogP contribution is -2.49. The van der Waals surface area contributed by atoms with Gasteiger partial charge >= 0.3 is 0 Å². The van der Waals surface area contributed by atoms with Crippen molar-refractivity contribution >= 4 is 0 Å². The molecule has 2 rings (SSSR count). The summed E-state index contributed by atoms with van der Waals surface area (Å²) in [6.45, 7) is 2.46. The van der Waals surface area contributed by atoms with Gasteiger partial charge in [0, 0.05) is 5.56 Å². The normalized spacial score (nSPS) is 32.2. The maximum Gasteiger partial charge on any atom is 0.275 e. The van der Waals surface area contributed by atoms with Crippen molar-refractivity contribution in [1.82, 2.24) is 0 Å². The minimum atomic E-state index is -1.14. The lowest BCUT2D eigenvalue weighted by molar-refractivity contribution is -0.503. The van der Waals surface area contributed by atoms with Gasteiger partial charge in [0.1, 0.15) is 0 Å². The zero-order valence-corrected chi connectivity index (χ0v) is 7.01. The second-order valence-electron chi connectivity index (χ2n) is 2.78. The summed E-state index contributed by atoms with van der Waals surface area (Å²) in [5.41, 5.74) is 0.829. The van der Waals surface area contributed by atoms with Crippen molar-refractivity contribution in [1.29, 1.82) is 0 Å². The quantitative estimate of drug-likeness (QED) is 0.695. The molecule has 0 bridgehead atoms. The maximum atomic E-state index is 8.88. The summed E-state index contributed by atoms with van der Waals surface area (Å²) < 4.78 is 10.2. The average Bonchev–Trinajstić information content (AvgIpc) is 2.14. The molecule has 1 aromatic carbocycles. The van der Waals surface area contributed by atoms with Crippen molar-refractivity contribution < 1.29 is 14.6 Å². The van der Waals surface area contributed by atoms with Gasteiger partial charge in [-0.05, 0) is 6.08 Å². The fraction of sp³-hybridized carbons (Fsp3) is 0.200. The van der Waals surface area contributed by atoms with Gasteiger partial charge in [-0.2, -0.15) is 0 Å². The number of aliphatic hydroxyl groups is 1. The number of hydrogen-bond acceptors (Lipinski definition) is 3. The third kappa shape index (κ3) is 1.27. The first-order valence-corrected chi connectivity index (χ1v) is 4.00. The fourth-order valence-electron chi connectivity index (χ4n) is 1.33. The van der Waals surface area contributed by atoms with Crippen LogP contribution in [-0.2, 0) is 15.3 Å². The molecule has 1 heterocycles. The van der Waals surface area contributed by atoms with Crippen LogP contribution in [-0.4, -0.2) is 11.6 Å². The van der Waals surface area contributed by atoms with Crippen LogP contribution in [0.25, 0.3) is 0 Å². The van der Waals surface area contributed by atoms with Crippen LogP contribution in [0.4, 0.5) is 0 Å². The Balaban J connectivity index is 2.29. The van der Waals surface area contributed by atoms with Crippen LogP contribution in [0.2, 0.25) is 0 Å². The molecular weight excluding hydrogens is 168 g/mol. The molecule has 0 unspecified atom stereocenters. The summed E-state index contributed by atoms with van der Waals surface area (Å²) in [5.74, 6) is -0.958. The molecule has 3 heteroatoms. The molecular formula is C10H10O3. The van der Waals surface area contributed by atoms with Crippen LogP contribution < -0.4 is 0 Å². The number of benzene rings is 1. The van der Waals surface area contributed by atoms with E-state index in [4.69, 9.17) is 14.6 Å². The van der Waals surface area contributed by atoms with Gasteiger partial charge in [-0.3, -0.25) is 9.47 Å². The highest BCUT2D eigenvalue weighted by atomic mass is 17.0. The molecule has 3 nitrogen and oxygen atoms in total. The van der Waals surface area contributed by atoms with Gasteiger partial charge in [0.05, 0.1) is 0 Å². The fourth-order valence-corrected chi connectivity index (χ4v) is 1.33. The molecule has 1 saturated heterocycles. The number of aliphatic hydroxyl groups excluding tert-OH is 1. The average molecular weight is 178 g/mol. The summed E-state index contributed by atoms with van der Waals surface area (Å²) in [6, 6.07) is 9.35. The Morgan fingerprint density at radius 3 is 2.38 bits per heavy atom. The Morgan fingerprint density at radius 1 is 1.31 bits per heavy atom. The zero-order chi connectivity index (χ0) is 9.31. The van der Waals surface area contributed by atoms with E-state index < -0.39 is 12.3 Å². The number of ether oxygens (including phenoxy) is 2. The van der Waals surface area contributed by atoms with E-state index in [1.807, 2.05) is 30.3 Å². The first-order valence-electron chi connectivity index (χ1n) is 4.00. The van der Waals surface area contributed by atoms with Crippen molar-refractivity contribution in [3.05, 3.63) is 48.6 Å². The highest BCUT2D eigenvalue weighted by molar-refractivity contribution is 5.25. The lowest BCUT2D eigenvalue weighted by Gasteiger charge is -2.42. The molecule has 1 aliphatic heterocycles. The molecule has 13 heavy (non-hydrogen) atoms. The lowest BCUT2D eigenvalue weighted by atomic mass is 10.0. The predicted molar refractivity (Wildman–Crippen MR) is 46.5 cm³/mol. The third-order valence-corrected chi connectivity index (χ3v) is 2.00. The minimum absolute atomic E-state index is 0.829. The summed E-state index contributed by atoms with van der Waals surface area (Å²) in [6.07, 6.45) is 1.52. The van der Waals surface area contributed by atoms with Crippen LogP contribution in [0.15, 0.2) is 43.0 Å². The molecule has 0 aliphatic carbocycles. The molecule has 1 aromatic rings. The Kier molecular flexibility index (Phi) is 1.92. The third-order valence-electron chi connectivity index (χ3n) is 2.00. The standard InChI is InChI=1S/C10H10O3/c1-2-10(12-9(11)13-10)8-6-4-3-5-7-8/h2-7,9,11H,1H2. The van der Waals surface area contributed by atoms with E-state index in [1.54, 1.807) is 0 Å². The van der Waals surface area contributed by atoms with E-state index in [1.165, 1.54) is 6.08 Å². The van der Waals surface area contributed by atoms with E-state index in [0.717, 1.165) is 5.56 Å². The van der Waals surface area contributed by atoms with Gasteiger partial charge in [-0.1, -0.05) is 36.9 Å². The van der Waals surface area contributed by atoms with Crippen LogP contribution in [0.1, 0.15) is 5.56 Å². The van der Waals surface area contributed by atoms with Crippen LogP contribution >= 0.6 is 0 Å². The van der Waals surface area contributed by atoms with E-state index in [9.17, 15) is 0 Å². The molecule has 1 fully saturated rings. The summed E-state index contributed by atoms with van der Waals surface area (Å²) in [4.78, 5) is 0. The Labute approximate surface area is 76.2 Å². The molecule has 1 N–H and O–H groups in total. The van der Waals surface area contributed by atoms with Crippen LogP contribution in [0, 0.1) is 0 Å². The zero-order valence-electron chi connectivity index (χ0n) is 7.01. The van der Waals surface area contributed by atoms with Gasteiger partial charge < -0.3 is 5.11 Å². The first-order chi connectivity index (χ1) is 6.27. The largest absolute Gasteiger partial charge is 0.346 e. The number of hydrogen-bond donors (Lipinski definition) is 1. The molecule has 68 valence electrons. The van der Waals surface area contributed by atoms with Gasteiger partial charge in [0.15, 0.2) is 0 Å². The van der Waals surface area contributed by atoms with Crippen molar-refractivity contribution in [2.45, 2.75) is 12.3 Å². The molecule has 0 amide bonds. The Morgan fingerprint density at radius 2 is 1.92 bits per heavy atom. The topological polar surface area (TPSA) is 38.7 Å². The van der Waals surface area contributed by atoms with E-state index in [-0.39, 0.29) is 0 Å². The van der Waals surface area contributed by atoms with Crippen molar-refractivity contribution in [2.75, 3.05) is 0 Å². The highest BCUT2D eigenvalue weighted by Crippen LogP contribution is 2.38. The van der Waals surface area contributed by atoms with Gasteiger partial charge in [0.2, 0.25) is 5.79 Å². The molecule has 0 saturated carbocycles. The second-order valence-corrected chi connectivity index (χ2v) is 2.78. The van der Waals surface area contributed by atoms with Gasteiger partial charge in [0.25, 0.3) is 6.48 Å². The van der Waals surface area contributed by atoms with Crippen molar-refractivity contribution in [3.63, 3.8) is 0 Å². The molecule has 0 atom stereocenters. The Bertz CT molecular complexity index is 301. The monoisotopic (exact) mass is 178 g/mol. The highest BCUT2D eigenvalue weighted by Gasteiger charge is 2.45. The predicted octanol–water partition coefficient (Wildman–Crippen LogP) is 1.35. The molecule has 0 aromatic heterocycles. The maximum absolute atomic E-state index is 8.88. The van der Waals surface area contributed by atoms with Crippen LogP contribution in [0.5, 0.6) is 0 Å². The minimum Gasteiger partial charge on any atom is -0.346 e. The van der Waals surface area contributed by atoms with E-state index in [0.29, 0.717) is 0 Å². The van der Waals surface area contributed by atoms with Crippen LogP contribution in [0.3, 0.4) is 0 Å². The molecule has 0 radical (unpaired) electrons. The molecule has 1 aliphatic rings. The SMILES string of the molecule is C=CC1(c2ccccc2)OC(O)O1.